The molecule has 2 aromatic rings. The lowest BCUT2D eigenvalue weighted by Crippen LogP contribution is -2.29. The van der Waals surface area contributed by atoms with Gasteiger partial charge in [0.2, 0.25) is 0 Å². The van der Waals surface area contributed by atoms with Gasteiger partial charge in [0.1, 0.15) is 11.5 Å². The molecule has 0 aromatic heterocycles. The summed E-state index contributed by atoms with van der Waals surface area (Å²) in [5, 5.41) is 0. The maximum atomic E-state index is 5.82. The number of hydrogen-bond donors (Lipinski definition) is 2. The standard InChI is InChI=1S/C17H22N2O2/c1-11-6-5-7-14(12(11)2)17(19-18)15-10-13(20-3)8-9-16(15)21-4/h5-10,17,19H,18H2,1-4H3. The number of ether oxygens (including phenoxy) is 2. The van der Waals surface area contributed by atoms with Crippen molar-refractivity contribution in [2.24, 2.45) is 5.84 Å². The molecule has 4 nitrogen and oxygen atoms in total. The van der Waals surface area contributed by atoms with Crippen molar-refractivity contribution in [3.05, 3.63) is 58.7 Å². The van der Waals surface area contributed by atoms with Crippen LogP contribution in [0.5, 0.6) is 11.5 Å². The summed E-state index contributed by atoms with van der Waals surface area (Å²) in [6.07, 6.45) is 0. The van der Waals surface area contributed by atoms with E-state index in [1.54, 1.807) is 14.2 Å². The largest absolute Gasteiger partial charge is 0.497 e. The minimum atomic E-state index is -0.157. The summed E-state index contributed by atoms with van der Waals surface area (Å²) in [6, 6.07) is 11.8. The number of methoxy groups -OCH3 is 2. The highest BCUT2D eigenvalue weighted by Gasteiger charge is 2.20. The van der Waals surface area contributed by atoms with Gasteiger partial charge in [-0.3, -0.25) is 5.84 Å². The molecule has 21 heavy (non-hydrogen) atoms. The first-order chi connectivity index (χ1) is 10.1. The molecule has 2 rings (SSSR count). The molecule has 0 bridgehead atoms. The van der Waals surface area contributed by atoms with Gasteiger partial charge >= 0.3 is 0 Å². The first-order valence-electron chi connectivity index (χ1n) is 6.86. The van der Waals surface area contributed by atoms with Gasteiger partial charge < -0.3 is 9.47 Å². The lowest BCUT2D eigenvalue weighted by molar-refractivity contribution is 0.394. The Hall–Kier alpha value is -2.04. The van der Waals surface area contributed by atoms with Crippen LogP contribution >= 0.6 is 0 Å². The van der Waals surface area contributed by atoms with Crippen LogP contribution in [0.15, 0.2) is 36.4 Å². The van der Waals surface area contributed by atoms with Crippen molar-refractivity contribution in [3.8, 4) is 11.5 Å². The Morgan fingerprint density at radius 2 is 1.76 bits per heavy atom. The zero-order valence-electron chi connectivity index (χ0n) is 12.9. The molecule has 1 unspecified atom stereocenters. The first kappa shape index (κ1) is 15.4. The van der Waals surface area contributed by atoms with Crippen molar-refractivity contribution in [1.29, 1.82) is 0 Å². The number of hydrogen-bond acceptors (Lipinski definition) is 4. The molecule has 0 radical (unpaired) electrons. The highest BCUT2D eigenvalue weighted by Crippen LogP contribution is 2.34. The van der Waals surface area contributed by atoms with Crippen molar-refractivity contribution in [3.63, 3.8) is 0 Å². The summed E-state index contributed by atoms with van der Waals surface area (Å²) in [7, 11) is 3.30. The fourth-order valence-electron chi connectivity index (χ4n) is 2.50. The van der Waals surface area contributed by atoms with Crippen LogP contribution in [0.25, 0.3) is 0 Å². The maximum absolute atomic E-state index is 5.82. The molecular formula is C17H22N2O2. The number of aryl methyl sites for hydroxylation is 1. The number of hydrazine groups is 1. The topological polar surface area (TPSA) is 56.5 Å². The van der Waals surface area contributed by atoms with Crippen LogP contribution in [-0.2, 0) is 0 Å². The molecule has 0 aliphatic carbocycles. The Morgan fingerprint density at radius 1 is 1.00 bits per heavy atom. The van der Waals surface area contributed by atoms with E-state index in [1.807, 2.05) is 24.3 Å². The highest BCUT2D eigenvalue weighted by molar-refractivity contribution is 5.48. The summed E-state index contributed by atoms with van der Waals surface area (Å²) in [4.78, 5) is 0. The Bertz CT molecular complexity index is 626. The van der Waals surface area contributed by atoms with E-state index in [1.165, 1.54) is 11.1 Å². The van der Waals surface area contributed by atoms with Crippen LogP contribution in [0, 0.1) is 13.8 Å². The third-order valence-corrected chi connectivity index (χ3v) is 3.87. The molecule has 0 aliphatic heterocycles. The van der Waals surface area contributed by atoms with Crippen molar-refractivity contribution in [2.75, 3.05) is 14.2 Å². The molecule has 2 aromatic carbocycles. The Morgan fingerprint density at radius 3 is 2.38 bits per heavy atom. The Balaban J connectivity index is 2.57. The predicted octanol–water partition coefficient (Wildman–Crippen LogP) is 2.87. The van der Waals surface area contributed by atoms with Gasteiger partial charge in [0, 0.05) is 5.56 Å². The van der Waals surface area contributed by atoms with Crippen LogP contribution in [0.4, 0.5) is 0 Å². The van der Waals surface area contributed by atoms with Crippen molar-refractivity contribution in [1.82, 2.24) is 5.43 Å². The van der Waals surface area contributed by atoms with Gasteiger partial charge in [-0.2, -0.15) is 0 Å². The minimum Gasteiger partial charge on any atom is -0.497 e. The van der Waals surface area contributed by atoms with Gasteiger partial charge in [0.25, 0.3) is 0 Å². The van der Waals surface area contributed by atoms with E-state index < -0.39 is 0 Å². The second kappa shape index (κ2) is 6.61. The van der Waals surface area contributed by atoms with Crippen LogP contribution in [-0.4, -0.2) is 14.2 Å². The monoisotopic (exact) mass is 286 g/mol. The van der Waals surface area contributed by atoms with E-state index in [4.69, 9.17) is 15.3 Å². The lowest BCUT2D eigenvalue weighted by atomic mass is 9.92. The van der Waals surface area contributed by atoms with E-state index in [9.17, 15) is 0 Å². The van der Waals surface area contributed by atoms with Gasteiger partial charge in [0.05, 0.1) is 20.3 Å². The fraction of sp³-hybridized carbons (Fsp3) is 0.294. The van der Waals surface area contributed by atoms with E-state index >= 15 is 0 Å². The zero-order valence-corrected chi connectivity index (χ0v) is 12.9. The van der Waals surface area contributed by atoms with Gasteiger partial charge in [-0.1, -0.05) is 18.2 Å². The van der Waals surface area contributed by atoms with Crippen molar-refractivity contribution in [2.45, 2.75) is 19.9 Å². The smallest absolute Gasteiger partial charge is 0.124 e. The third-order valence-electron chi connectivity index (χ3n) is 3.87. The SMILES string of the molecule is COc1ccc(OC)c(C(NN)c2cccc(C)c2C)c1. The Kier molecular flexibility index (Phi) is 4.83. The van der Waals surface area contributed by atoms with Gasteiger partial charge in [-0.25, -0.2) is 5.43 Å². The van der Waals surface area contributed by atoms with Gasteiger partial charge in [-0.15, -0.1) is 0 Å². The first-order valence-corrected chi connectivity index (χ1v) is 6.86. The van der Waals surface area contributed by atoms with Crippen LogP contribution in [0.2, 0.25) is 0 Å². The van der Waals surface area contributed by atoms with Crippen molar-refractivity contribution < 1.29 is 9.47 Å². The molecule has 3 N–H and O–H groups in total. The molecule has 0 amide bonds. The summed E-state index contributed by atoms with van der Waals surface area (Å²) in [5.74, 6) is 7.38. The molecule has 0 saturated carbocycles. The predicted molar refractivity (Wildman–Crippen MR) is 84.6 cm³/mol. The summed E-state index contributed by atoms with van der Waals surface area (Å²) in [5.41, 5.74) is 7.42. The summed E-state index contributed by atoms with van der Waals surface area (Å²) >= 11 is 0. The van der Waals surface area contributed by atoms with Crippen LogP contribution in [0.3, 0.4) is 0 Å². The fourth-order valence-corrected chi connectivity index (χ4v) is 2.50. The molecular weight excluding hydrogens is 264 g/mol. The summed E-state index contributed by atoms with van der Waals surface area (Å²) in [6.45, 7) is 4.19. The third kappa shape index (κ3) is 3.01. The lowest BCUT2D eigenvalue weighted by Gasteiger charge is -2.22. The average Bonchev–Trinajstić information content (AvgIpc) is 2.52. The molecule has 0 saturated heterocycles. The van der Waals surface area contributed by atoms with Crippen LogP contribution < -0.4 is 20.7 Å². The van der Waals surface area contributed by atoms with E-state index in [0.717, 1.165) is 22.6 Å². The number of benzene rings is 2. The molecule has 0 fully saturated rings. The maximum Gasteiger partial charge on any atom is 0.124 e. The molecule has 0 heterocycles. The molecule has 112 valence electrons. The zero-order chi connectivity index (χ0) is 15.4. The second-order valence-electron chi connectivity index (χ2n) is 5.00. The van der Waals surface area contributed by atoms with E-state index in [-0.39, 0.29) is 6.04 Å². The number of rotatable bonds is 5. The number of nitrogens with two attached hydrogens (primary N) is 1. The van der Waals surface area contributed by atoms with E-state index in [2.05, 4.69) is 31.4 Å². The van der Waals surface area contributed by atoms with Gasteiger partial charge in [-0.05, 0) is 48.7 Å². The number of nitrogens with one attached hydrogen (secondary N) is 1. The molecule has 1 atom stereocenters. The molecule has 4 heteroatoms. The molecule has 0 spiro atoms. The van der Waals surface area contributed by atoms with Crippen LogP contribution in [0.1, 0.15) is 28.3 Å². The minimum absolute atomic E-state index is 0.157. The average molecular weight is 286 g/mol. The summed E-state index contributed by atoms with van der Waals surface area (Å²) < 4.78 is 10.8. The Labute approximate surface area is 125 Å². The highest BCUT2D eigenvalue weighted by atomic mass is 16.5. The van der Waals surface area contributed by atoms with Crippen molar-refractivity contribution >= 4 is 0 Å². The van der Waals surface area contributed by atoms with Gasteiger partial charge in [0.15, 0.2) is 0 Å². The van der Waals surface area contributed by atoms with E-state index in [0.29, 0.717) is 0 Å². The quantitative estimate of drug-likeness (QED) is 0.655. The normalized spacial score (nSPS) is 12.0. The molecule has 0 aliphatic rings. The second-order valence-corrected chi connectivity index (χ2v) is 5.00.